The minimum Gasteiger partial charge on any atom is -0.309 e. The third-order valence-electron chi connectivity index (χ3n) is 2.72. The summed E-state index contributed by atoms with van der Waals surface area (Å²) in [5.74, 6) is 5.80. The summed E-state index contributed by atoms with van der Waals surface area (Å²) in [5, 5.41) is 3.40. The second-order valence-corrected chi connectivity index (χ2v) is 4.15. The molecule has 1 nitrogen and oxygen atoms in total. The van der Waals surface area contributed by atoms with Gasteiger partial charge in [0.2, 0.25) is 0 Å². The van der Waals surface area contributed by atoms with Crippen LogP contribution in [0.1, 0.15) is 43.9 Å². The fourth-order valence-electron chi connectivity index (χ4n) is 1.66. The standard InChI is InChI=1S/C15H20FN/c1-4-6-7-15(17-10-5-2)13-9-8-12(3)14(16)11-13/h8-9,11,15,17H,5,7,10H2,1-3H3. The smallest absolute Gasteiger partial charge is 0.126 e. The number of hydrogen-bond donors (Lipinski definition) is 1. The van der Waals surface area contributed by atoms with Crippen LogP contribution < -0.4 is 5.32 Å². The Morgan fingerprint density at radius 2 is 2.18 bits per heavy atom. The summed E-state index contributed by atoms with van der Waals surface area (Å²) >= 11 is 0. The van der Waals surface area contributed by atoms with E-state index in [4.69, 9.17) is 0 Å². The van der Waals surface area contributed by atoms with Gasteiger partial charge in [0.25, 0.3) is 0 Å². The Morgan fingerprint density at radius 1 is 1.41 bits per heavy atom. The minimum atomic E-state index is -0.143. The summed E-state index contributed by atoms with van der Waals surface area (Å²) in [5.41, 5.74) is 1.66. The van der Waals surface area contributed by atoms with E-state index in [9.17, 15) is 4.39 Å². The largest absolute Gasteiger partial charge is 0.309 e. The van der Waals surface area contributed by atoms with Crippen molar-refractivity contribution in [3.05, 3.63) is 35.1 Å². The van der Waals surface area contributed by atoms with Gasteiger partial charge in [0.15, 0.2) is 0 Å². The molecule has 92 valence electrons. The number of nitrogens with one attached hydrogen (secondary N) is 1. The van der Waals surface area contributed by atoms with Gasteiger partial charge < -0.3 is 5.32 Å². The lowest BCUT2D eigenvalue weighted by Gasteiger charge is -2.17. The van der Waals surface area contributed by atoms with Gasteiger partial charge in [-0.05, 0) is 44.0 Å². The molecule has 0 aliphatic rings. The van der Waals surface area contributed by atoms with Crippen molar-refractivity contribution >= 4 is 0 Å². The van der Waals surface area contributed by atoms with E-state index in [-0.39, 0.29) is 11.9 Å². The van der Waals surface area contributed by atoms with Crippen molar-refractivity contribution in [3.63, 3.8) is 0 Å². The number of rotatable bonds is 5. The predicted molar refractivity (Wildman–Crippen MR) is 70.2 cm³/mol. The quantitative estimate of drug-likeness (QED) is 0.766. The van der Waals surface area contributed by atoms with E-state index in [2.05, 4.69) is 24.1 Å². The maximum absolute atomic E-state index is 13.5. The fourth-order valence-corrected chi connectivity index (χ4v) is 1.66. The third kappa shape index (κ3) is 4.20. The van der Waals surface area contributed by atoms with Crippen LogP contribution in [0.5, 0.6) is 0 Å². The molecule has 17 heavy (non-hydrogen) atoms. The molecule has 0 bridgehead atoms. The number of hydrogen-bond acceptors (Lipinski definition) is 1. The summed E-state index contributed by atoms with van der Waals surface area (Å²) in [7, 11) is 0. The molecule has 0 amide bonds. The zero-order valence-corrected chi connectivity index (χ0v) is 10.8. The van der Waals surface area contributed by atoms with E-state index in [1.54, 1.807) is 13.0 Å². The highest BCUT2D eigenvalue weighted by molar-refractivity contribution is 5.26. The number of aryl methyl sites for hydroxylation is 1. The molecule has 0 radical (unpaired) electrons. The van der Waals surface area contributed by atoms with E-state index < -0.39 is 0 Å². The van der Waals surface area contributed by atoms with Gasteiger partial charge in [-0.2, -0.15) is 0 Å². The lowest BCUT2D eigenvalue weighted by Crippen LogP contribution is -2.22. The highest BCUT2D eigenvalue weighted by Gasteiger charge is 2.10. The first-order valence-corrected chi connectivity index (χ1v) is 6.08. The summed E-state index contributed by atoms with van der Waals surface area (Å²) in [6, 6.07) is 5.53. The Balaban J connectivity index is 2.85. The van der Waals surface area contributed by atoms with Crippen LogP contribution in [0.4, 0.5) is 4.39 Å². The monoisotopic (exact) mass is 233 g/mol. The molecule has 2 heteroatoms. The second kappa shape index (κ2) is 7.09. The van der Waals surface area contributed by atoms with Gasteiger partial charge in [0, 0.05) is 12.5 Å². The van der Waals surface area contributed by atoms with Crippen molar-refractivity contribution in [1.82, 2.24) is 5.32 Å². The molecule has 1 unspecified atom stereocenters. The van der Waals surface area contributed by atoms with Gasteiger partial charge in [-0.25, -0.2) is 4.39 Å². The number of benzene rings is 1. The average molecular weight is 233 g/mol. The molecule has 1 aromatic rings. The van der Waals surface area contributed by atoms with Crippen LogP contribution in [-0.2, 0) is 0 Å². The Bertz CT molecular complexity index is 415. The zero-order valence-electron chi connectivity index (χ0n) is 10.8. The first kappa shape index (κ1) is 13.7. The van der Waals surface area contributed by atoms with Crippen LogP contribution in [0.3, 0.4) is 0 Å². The van der Waals surface area contributed by atoms with Gasteiger partial charge in [0.05, 0.1) is 0 Å². The molecule has 1 N–H and O–H groups in total. The summed E-state index contributed by atoms with van der Waals surface area (Å²) < 4.78 is 13.5. The van der Waals surface area contributed by atoms with Gasteiger partial charge >= 0.3 is 0 Å². The first-order valence-electron chi connectivity index (χ1n) is 6.08. The molecule has 0 saturated heterocycles. The average Bonchev–Trinajstić information content (AvgIpc) is 2.33. The SMILES string of the molecule is CC#CCC(NCCC)c1ccc(C)c(F)c1. The normalized spacial score (nSPS) is 11.8. The summed E-state index contributed by atoms with van der Waals surface area (Å²) in [6.07, 6.45) is 1.78. The lowest BCUT2D eigenvalue weighted by molar-refractivity contribution is 0.535. The summed E-state index contributed by atoms with van der Waals surface area (Å²) in [4.78, 5) is 0. The van der Waals surface area contributed by atoms with Crippen molar-refractivity contribution in [2.45, 2.75) is 39.7 Å². The molecule has 0 aliphatic heterocycles. The van der Waals surface area contributed by atoms with Crippen molar-refractivity contribution in [2.75, 3.05) is 6.54 Å². The first-order chi connectivity index (χ1) is 8.19. The molecule has 1 aromatic carbocycles. The maximum Gasteiger partial charge on any atom is 0.126 e. The van der Waals surface area contributed by atoms with Crippen LogP contribution in [0.2, 0.25) is 0 Å². The molecular formula is C15H20FN. The van der Waals surface area contributed by atoms with Crippen molar-refractivity contribution < 1.29 is 4.39 Å². The molecule has 0 aromatic heterocycles. The van der Waals surface area contributed by atoms with E-state index in [1.807, 2.05) is 19.1 Å². The molecule has 0 heterocycles. The minimum absolute atomic E-state index is 0.123. The highest BCUT2D eigenvalue weighted by Crippen LogP contribution is 2.19. The van der Waals surface area contributed by atoms with E-state index >= 15 is 0 Å². The second-order valence-electron chi connectivity index (χ2n) is 4.15. The third-order valence-corrected chi connectivity index (χ3v) is 2.72. The maximum atomic E-state index is 13.5. The van der Waals surface area contributed by atoms with Crippen LogP contribution in [-0.4, -0.2) is 6.54 Å². The lowest BCUT2D eigenvalue weighted by atomic mass is 10.0. The van der Waals surface area contributed by atoms with Crippen molar-refractivity contribution in [3.8, 4) is 11.8 Å². The predicted octanol–water partition coefficient (Wildman–Crippen LogP) is 3.59. The van der Waals surface area contributed by atoms with E-state index in [0.29, 0.717) is 5.56 Å². The molecule has 0 saturated carbocycles. The van der Waals surface area contributed by atoms with Crippen molar-refractivity contribution in [1.29, 1.82) is 0 Å². The molecule has 1 rings (SSSR count). The molecule has 0 aliphatic carbocycles. The Kier molecular flexibility index (Phi) is 5.72. The fraction of sp³-hybridized carbons (Fsp3) is 0.467. The summed E-state index contributed by atoms with van der Waals surface area (Å²) in [6.45, 7) is 6.64. The zero-order chi connectivity index (χ0) is 12.7. The molecule has 0 fully saturated rings. The Hall–Kier alpha value is -1.33. The Morgan fingerprint density at radius 3 is 2.76 bits per heavy atom. The molecule has 1 atom stereocenters. The van der Waals surface area contributed by atoms with Crippen LogP contribution in [0.25, 0.3) is 0 Å². The highest BCUT2D eigenvalue weighted by atomic mass is 19.1. The van der Waals surface area contributed by atoms with Crippen LogP contribution >= 0.6 is 0 Å². The van der Waals surface area contributed by atoms with Crippen LogP contribution in [0.15, 0.2) is 18.2 Å². The molecular weight excluding hydrogens is 213 g/mol. The van der Waals surface area contributed by atoms with Gasteiger partial charge in [0.1, 0.15) is 5.82 Å². The van der Waals surface area contributed by atoms with Crippen LogP contribution in [0, 0.1) is 24.6 Å². The number of halogens is 1. The van der Waals surface area contributed by atoms with Gasteiger partial charge in [-0.3, -0.25) is 0 Å². The van der Waals surface area contributed by atoms with Crippen molar-refractivity contribution in [2.24, 2.45) is 0 Å². The Labute approximate surface area is 103 Å². The van der Waals surface area contributed by atoms with Gasteiger partial charge in [-0.15, -0.1) is 11.8 Å². The van der Waals surface area contributed by atoms with E-state index in [1.165, 1.54) is 0 Å². The molecule has 0 spiro atoms. The van der Waals surface area contributed by atoms with E-state index in [0.717, 1.165) is 24.9 Å². The van der Waals surface area contributed by atoms with Gasteiger partial charge in [-0.1, -0.05) is 19.1 Å². The topological polar surface area (TPSA) is 12.0 Å².